The van der Waals surface area contributed by atoms with Crippen LogP contribution in [0.5, 0.6) is 11.5 Å². The van der Waals surface area contributed by atoms with Crippen LogP contribution < -0.4 is 14.8 Å². The molecule has 0 radical (unpaired) electrons. The van der Waals surface area contributed by atoms with Crippen molar-refractivity contribution in [2.75, 3.05) is 26.1 Å². The molecule has 28 heavy (non-hydrogen) atoms. The normalized spacial score (nSPS) is 15.6. The van der Waals surface area contributed by atoms with Crippen molar-refractivity contribution in [2.45, 2.75) is 12.5 Å². The number of nitrogens with zero attached hydrogens (tertiary/aromatic N) is 1. The fraction of sp³-hybridized carbons (Fsp3) is 0.227. The molecule has 0 aliphatic carbocycles. The largest absolute Gasteiger partial charge is 0.497 e. The number of hydrogen-bond acceptors (Lipinski definition) is 4. The summed E-state index contributed by atoms with van der Waals surface area (Å²) in [5, 5.41) is 6.28. The summed E-state index contributed by atoms with van der Waals surface area (Å²) in [5.41, 5.74) is 3.50. The molecule has 0 saturated carbocycles. The lowest BCUT2D eigenvalue weighted by atomic mass is 9.93. The molecule has 0 bridgehead atoms. The topological polar surface area (TPSA) is 33.7 Å². The number of thiocarbonyl (C=S) groups is 1. The van der Waals surface area contributed by atoms with Crippen LogP contribution in [-0.4, -0.2) is 30.8 Å². The molecule has 144 valence electrons. The zero-order chi connectivity index (χ0) is 19.5. The van der Waals surface area contributed by atoms with Gasteiger partial charge in [0, 0.05) is 17.1 Å². The van der Waals surface area contributed by atoms with E-state index >= 15 is 0 Å². The molecule has 4 nitrogen and oxygen atoms in total. The van der Waals surface area contributed by atoms with E-state index in [0.717, 1.165) is 35.3 Å². The highest BCUT2D eigenvalue weighted by Crippen LogP contribution is 2.38. The first kappa shape index (κ1) is 18.8. The van der Waals surface area contributed by atoms with Crippen molar-refractivity contribution in [3.8, 4) is 11.5 Å². The molecule has 0 saturated heterocycles. The fourth-order valence-corrected chi connectivity index (χ4v) is 4.77. The zero-order valence-electron chi connectivity index (χ0n) is 15.8. The van der Waals surface area contributed by atoms with Gasteiger partial charge in [0.2, 0.25) is 0 Å². The Morgan fingerprint density at radius 2 is 1.64 bits per heavy atom. The second-order valence-corrected chi connectivity index (χ2v) is 7.96. The molecule has 2 heterocycles. The van der Waals surface area contributed by atoms with Crippen LogP contribution in [0.3, 0.4) is 0 Å². The molecule has 0 spiro atoms. The first-order valence-corrected chi connectivity index (χ1v) is 10.4. The lowest BCUT2D eigenvalue weighted by Gasteiger charge is -2.38. The van der Waals surface area contributed by atoms with Gasteiger partial charge in [-0.15, -0.1) is 11.3 Å². The van der Waals surface area contributed by atoms with E-state index in [2.05, 4.69) is 33.8 Å². The Balaban J connectivity index is 1.62. The highest BCUT2D eigenvalue weighted by Gasteiger charge is 2.31. The van der Waals surface area contributed by atoms with E-state index in [4.69, 9.17) is 21.7 Å². The maximum atomic E-state index is 5.81. The molecule has 1 N–H and O–H groups in total. The number of nitrogens with one attached hydrogen (secondary N) is 1. The minimum atomic E-state index is 0.0964. The quantitative estimate of drug-likeness (QED) is 0.605. The Morgan fingerprint density at radius 3 is 2.29 bits per heavy atom. The average molecular weight is 411 g/mol. The van der Waals surface area contributed by atoms with Crippen LogP contribution in [0.2, 0.25) is 0 Å². The van der Waals surface area contributed by atoms with Crippen molar-refractivity contribution < 1.29 is 9.47 Å². The van der Waals surface area contributed by atoms with Gasteiger partial charge in [0.15, 0.2) is 5.11 Å². The van der Waals surface area contributed by atoms with E-state index in [1.54, 1.807) is 14.2 Å². The number of hydrogen-bond donors (Lipinski definition) is 1. The van der Waals surface area contributed by atoms with Gasteiger partial charge < -0.3 is 19.7 Å². The van der Waals surface area contributed by atoms with Gasteiger partial charge in [-0.1, -0.05) is 12.1 Å². The summed E-state index contributed by atoms with van der Waals surface area (Å²) >= 11 is 7.63. The van der Waals surface area contributed by atoms with Crippen molar-refractivity contribution in [2.24, 2.45) is 0 Å². The molecular formula is C22H22N2O2S2. The Morgan fingerprint density at radius 1 is 1.00 bits per heavy atom. The summed E-state index contributed by atoms with van der Waals surface area (Å²) in [6.45, 7) is 0.881. The summed E-state index contributed by atoms with van der Waals surface area (Å²) in [5.74, 6) is 1.68. The van der Waals surface area contributed by atoms with Crippen molar-refractivity contribution in [1.82, 2.24) is 4.90 Å². The molecule has 1 aliphatic heterocycles. The van der Waals surface area contributed by atoms with Gasteiger partial charge in [-0.25, -0.2) is 0 Å². The lowest BCUT2D eigenvalue weighted by molar-refractivity contribution is 0.346. The number of methoxy groups -OCH3 is 2. The highest BCUT2D eigenvalue weighted by molar-refractivity contribution is 7.80. The molecule has 0 fully saturated rings. The van der Waals surface area contributed by atoms with Gasteiger partial charge in [-0.2, -0.15) is 0 Å². The molecule has 4 rings (SSSR count). The molecule has 1 atom stereocenters. The van der Waals surface area contributed by atoms with Gasteiger partial charge in [0.25, 0.3) is 0 Å². The number of rotatable bonds is 4. The molecule has 1 aliphatic rings. The van der Waals surface area contributed by atoms with Gasteiger partial charge in [0.05, 0.1) is 20.3 Å². The summed E-state index contributed by atoms with van der Waals surface area (Å²) in [6, 6.07) is 18.4. The second-order valence-electron chi connectivity index (χ2n) is 6.58. The van der Waals surface area contributed by atoms with E-state index in [1.807, 2.05) is 47.7 Å². The molecule has 6 heteroatoms. The summed E-state index contributed by atoms with van der Waals surface area (Å²) in [4.78, 5) is 3.71. The molecular weight excluding hydrogens is 388 g/mol. The molecule has 2 aromatic carbocycles. The van der Waals surface area contributed by atoms with E-state index in [9.17, 15) is 0 Å². The fourth-order valence-electron chi connectivity index (χ4n) is 3.55. The summed E-state index contributed by atoms with van der Waals surface area (Å²) < 4.78 is 10.6. The van der Waals surface area contributed by atoms with Crippen LogP contribution in [-0.2, 0) is 6.42 Å². The predicted molar refractivity (Wildman–Crippen MR) is 119 cm³/mol. The number of anilines is 1. The van der Waals surface area contributed by atoms with Crippen LogP contribution in [0.4, 0.5) is 5.69 Å². The maximum absolute atomic E-state index is 5.81. The van der Waals surface area contributed by atoms with Crippen LogP contribution in [0.15, 0.2) is 60.0 Å². The van der Waals surface area contributed by atoms with Gasteiger partial charge in [-0.05, 0) is 77.6 Å². The SMILES string of the molecule is COc1ccc(NC(=S)N2CCc3sccc3C2c2ccc(OC)cc2)cc1. The first-order valence-electron chi connectivity index (χ1n) is 9.11. The van der Waals surface area contributed by atoms with Crippen molar-refractivity contribution >= 4 is 34.4 Å². The lowest BCUT2D eigenvalue weighted by Crippen LogP contribution is -2.42. The van der Waals surface area contributed by atoms with E-state index in [0.29, 0.717) is 0 Å². The zero-order valence-corrected chi connectivity index (χ0v) is 17.5. The van der Waals surface area contributed by atoms with Crippen molar-refractivity contribution in [3.63, 3.8) is 0 Å². The second kappa shape index (κ2) is 8.20. The molecule has 1 aromatic heterocycles. The smallest absolute Gasteiger partial charge is 0.174 e. The van der Waals surface area contributed by atoms with Crippen LogP contribution >= 0.6 is 23.6 Å². The standard InChI is InChI=1S/C22H22N2O2S2/c1-25-17-7-3-15(4-8-17)21-19-12-14-28-20(19)11-13-24(21)22(27)23-16-5-9-18(26-2)10-6-16/h3-10,12,14,21H,11,13H2,1-2H3,(H,23,27). The first-order chi connectivity index (χ1) is 13.7. The summed E-state index contributed by atoms with van der Waals surface area (Å²) in [6.07, 6.45) is 1.00. The van der Waals surface area contributed by atoms with Crippen LogP contribution in [0.25, 0.3) is 0 Å². The third-order valence-electron chi connectivity index (χ3n) is 5.00. The number of ether oxygens (including phenoxy) is 2. The molecule has 0 amide bonds. The highest BCUT2D eigenvalue weighted by atomic mass is 32.1. The Hall–Kier alpha value is -2.57. The number of fused-ring (bicyclic) bond motifs is 1. The minimum absolute atomic E-state index is 0.0964. The van der Waals surface area contributed by atoms with Gasteiger partial charge >= 0.3 is 0 Å². The molecule has 1 unspecified atom stereocenters. The number of thiophene rings is 1. The van der Waals surface area contributed by atoms with E-state index in [-0.39, 0.29) is 6.04 Å². The minimum Gasteiger partial charge on any atom is -0.497 e. The number of benzene rings is 2. The van der Waals surface area contributed by atoms with Gasteiger partial charge in [-0.3, -0.25) is 0 Å². The average Bonchev–Trinajstić information content (AvgIpc) is 3.22. The van der Waals surface area contributed by atoms with Crippen LogP contribution in [0.1, 0.15) is 22.0 Å². The van der Waals surface area contributed by atoms with E-state index < -0.39 is 0 Å². The summed E-state index contributed by atoms with van der Waals surface area (Å²) in [7, 11) is 3.35. The maximum Gasteiger partial charge on any atom is 0.174 e. The third kappa shape index (κ3) is 3.70. The third-order valence-corrected chi connectivity index (χ3v) is 6.33. The van der Waals surface area contributed by atoms with Crippen molar-refractivity contribution in [3.05, 3.63) is 76.0 Å². The van der Waals surface area contributed by atoms with E-state index in [1.165, 1.54) is 16.0 Å². The Kier molecular flexibility index (Phi) is 5.50. The Labute approximate surface area is 174 Å². The Bertz CT molecular complexity index is 951. The van der Waals surface area contributed by atoms with Crippen molar-refractivity contribution in [1.29, 1.82) is 0 Å². The monoisotopic (exact) mass is 410 g/mol. The molecule has 3 aromatic rings. The van der Waals surface area contributed by atoms with Gasteiger partial charge in [0.1, 0.15) is 11.5 Å². The van der Waals surface area contributed by atoms with Crippen LogP contribution in [0, 0.1) is 0 Å². The predicted octanol–water partition coefficient (Wildman–Crippen LogP) is 5.11.